The van der Waals surface area contributed by atoms with Crippen molar-refractivity contribution in [3.8, 4) is 0 Å². The molecule has 47 heavy (non-hydrogen) atoms. The van der Waals surface area contributed by atoms with Gasteiger partial charge in [-0.3, -0.25) is 5.41 Å². The zero-order valence-corrected chi connectivity index (χ0v) is 27.5. The summed E-state index contributed by atoms with van der Waals surface area (Å²) in [5.41, 5.74) is 3.01. The second kappa shape index (κ2) is 17.1. The van der Waals surface area contributed by atoms with Gasteiger partial charge in [-0.25, -0.2) is 4.79 Å². The maximum atomic E-state index is 13.5. The lowest BCUT2D eigenvalue weighted by Gasteiger charge is -2.45. The van der Waals surface area contributed by atoms with Crippen LogP contribution in [0.5, 0.6) is 0 Å². The first-order valence-electron chi connectivity index (χ1n) is 14.9. The van der Waals surface area contributed by atoms with Crippen LogP contribution in [-0.4, -0.2) is 53.0 Å². The average Bonchev–Trinajstić information content (AvgIpc) is 3.09. The Bertz CT molecular complexity index is 1540. The number of hydrogen-bond donors (Lipinski definition) is 1. The molecule has 0 bridgehead atoms. The van der Waals surface area contributed by atoms with Gasteiger partial charge >= 0.3 is 5.97 Å². The van der Waals surface area contributed by atoms with Crippen LogP contribution < -0.4 is 0 Å². The quantitative estimate of drug-likeness (QED) is 0.0662. The number of benzene rings is 4. The molecule has 0 amide bonds. The van der Waals surface area contributed by atoms with E-state index in [-0.39, 0.29) is 26.4 Å². The van der Waals surface area contributed by atoms with Gasteiger partial charge in [-0.05, 0) is 28.8 Å². The molecule has 0 spiro atoms. The minimum absolute atomic E-state index is 0.0286. The van der Waals surface area contributed by atoms with Gasteiger partial charge in [0.2, 0.25) is 12.2 Å². The van der Waals surface area contributed by atoms with Crippen molar-refractivity contribution in [2.24, 2.45) is 0 Å². The standard InChI is InChI=1S/C36H34Cl3NO7/c37-36(38,39)35(40)47-34-32(44-23-27-17-9-3-10-18-27)31(43-22-26-15-7-2-8-16-26)30(46-33(41)28-19-11-4-12-20-28)29(45-34)24-42-21-25-13-5-1-6-14-25/h1-20,29-32,34,40H,21-24H2/t29-,30-,31+,32+,34?/m1/s1. The second-order valence-corrected chi connectivity index (χ2v) is 13.0. The number of nitrogens with one attached hydrogen (secondary N) is 1. The van der Waals surface area contributed by atoms with E-state index in [0.29, 0.717) is 5.56 Å². The normalized spacial score (nSPS) is 21.1. The summed E-state index contributed by atoms with van der Waals surface area (Å²) in [6, 6.07) is 37.2. The molecule has 0 aromatic heterocycles. The summed E-state index contributed by atoms with van der Waals surface area (Å²) in [6.07, 6.45) is -5.30. The largest absolute Gasteiger partial charge is 0.453 e. The molecule has 1 heterocycles. The summed E-state index contributed by atoms with van der Waals surface area (Å²) in [5.74, 6) is -1.26. The summed E-state index contributed by atoms with van der Waals surface area (Å²) < 4.78 is 35.2. The van der Waals surface area contributed by atoms with E-state index in [9.17, 15) is 4.79 Å². The van der Waals surface area contributed by atoms with Gasteiger partial charge in [-0.15, -0.1) is 0 Å². The molecule has 0 aliphatic carbocycles. The monoisotopic (exact) mass is 697 g/mol. The van der Waals surface area contributed by atoms with Gasteiger partial charge in [-0.2, -0.15) is 0 Å². The summed E-state index contributed by atoms with van der Waals surface area (Å²) >= 11 is 18.0. The molecule has 1 N–H and O–H groups in total. The summed E-state index contributed by atoms with van der Waals surface area (Å²) in [5, 5.41) is 8.35. The number of carbonyl (C=O) groups is 1. The van der Waals surface area contributed by atoms with Gasteiger partial charge in [0.1, 0.15) is 18.3 Å². The first kappa shape index (κ1) is 34.9. The number of alkyl halides is 3. The number of hydrogen-bond acceptors (Lipinski definition) is 8. The van der Waals surface area contributed by atoms with E-state index in [4.69, 9.17) is 68.6 Å². The SMILES string of the molecule is N=C(OC1O[C@H](COCc2ccccc2)[C@@H](OC(=O)c2ccccc2)[C@H](OCc2ccccc2)[C@@H]1OCc1ccccc1)C(Cl)(Cl)Cl. The fourth-order valence-electron chi connectivity index (χ4n) is 4.96. The van der Waals surface area contributed by atoms with Crippen molar-refractivity contribution in [2.45, 2.75) is 54.3 Å². The third-order valence-electron chi connectivity index (χ3n) is 7.30. The molecule has 8 nitrogen and oxygen atoms in total. The van der Waals surface area contributed by atoms with Gasteiger partial charge in [0.05, 0.1) is 32.0 Å². The van der Waals surface area contributed by atoms with Crippen LogP contribution in [0.2, 0.25) is 0 Å². The van der Waals surface area contributed by atoms with Crippen molar-refractivity contribution in [2.75, 3.05) is 6.61 Å². The van der Waals surface area contributed by atoms with Crippen molar-refractivity contribution in [1.29, 1.82) is 5.41 Å². The van der Waals surface area contributed by atoms with Crippen LogP contribution in [0.25, 0.3) is 0 Å². The number of carbonyl (C=O) groups excluding carboxylic acids is 1. The van der Waals surface area contributed by atoms with E-state index < -0.39 is 46.4 Å². The maximum absolute atomic E-state index is 13.5. The van der Waals surface area contributed by atoms with Gasteiger partial charge in [0.25, 0.3) is 3.79 Å². The summed E-state index contributed by atoms with van der Waals surface area (Å²) in [6.45, 7) is 0.496. The van der Waals surface area contributed by atoms with Gasteiger partial charge in [0, 0.05) is 0 Å². The van der Waals surface area contributed by atoms with Crippen LogP contribution in [0, 0.1) is 5.41 Å². The molecule has 4 aromatic rings. The highest BCUT2D eigenvalue weighted by molar-refractivity contribution is 6.76. The van der Waals surface area contributed by atoms with E-state index in [1.165, 1.54) is 0 Å². The molecule has 1 aliphatic rings. The van der Waals surface area contributed by atoms with Crippen molar-refractivity contribution in [1.82, 2.24) is 0 Å². The Balaban J connectivity index is 1.49. The molecule has 1 fully saturated rings. The molecular weight excluding hydrogens is 665 g/mol. The predicted octanol–water partition coefficient (Wildman–Crippen LogP) is 7.69. The summed E-state index contributed by atoms with van der Waals surface area (Å²) in [7, 11) is 0. The minimum atomic E-state index is -2.18. The molecule has 0 saturated carbocycles. The molecule has 5 atom stereocenters. The number of esters is 1. The zero-order valence-electron chi connectivity index (χ0n) is 25.3. The van der Waals surface area contributed by atoms with E-state index in [2.05, 4.69) is 0 Å². The number of halogens is 3. The Morgan fingerprint density at radius 3 is 1.62 bits per heavy atom. The van der Waals surface area contributed by atoms with Crippen LogP contribution >= 0.6 is 34.8 Å². The zero-order chi connectivity index (χ0) is 33.1. The van der Waals surface area contributed by atoms with Crippen molar-refractivity contribution >= 4 is 46.7 Å². The highest BCUT2D eigenvalue weighted by Crippen LogP contribution is 2.34. The average molecular weight is 699 g/mol. The van der Waals surface area contributed by atoms with Crippen LogP contribution in [0.1, 0.15) is 27.0 Å². The molecule has 0 radical (unpaired) electrons. The fraction of sp³-hybridized carbons (Fsp3) is 0.278. The van der Waals surface area contributed by atoms with Crippen molar-refractivity contribution in [3.05, 3.63) is 144 Å². The predicted molar refractivity (Wildman–Crippen MR) is 180 cm³/mol. The van der Waals surface area contributed by atoms with Crippen LogP contribution in [0.3, 0.4) is 0 Å². The van der Waals surface area contributed by atoms with E-state index in [1.54, 1.807) is 24.3 Å². The molecule has 1 saturated heterocycles. The van der Waals surface area contributed by atoms with Gasteiger partial charge in [0.15, 0.2) is 6.10 Å². The fourth-order valence-corrected chi connectivity index (χ4v) is 5.10. The first-order chi connectivity index (χ1) is 22.8. The number of ether oxygens (including phenoxy) is 6. The van der Waals surface area contributed by atoms with Crippen LogP contribution in [-0.2, 0) is 48.2 Å². The highest BCUT2D eigenvalue weighted by atomic mass is 35.6. The van der Waals surface area contributed by atoms with Gasteiger partial charge < -0.3 is 28.4 Å². The third kappa shape index (κ3) is 10.3. The molecular formula is C36H34Cl3NO7. The van der Waals surface area contributed by atoms with E-state index in [0.717, 1.165) is 16.7 Å². The third-order valence-corrected chi connectivity index (χ3v) is 7.81. The Labute approximate surface area is 288 Å². The Morgan fingerprint density at radius 2 is 1.11 bits per heavy atom. The first-order valence-corrected chi connectivity index (χ1v) is 16.1. The minimum Gasteiger partial charge on any atom is -0.453 e. The second-order valence-electron chi connectivity index (χ2n) is 10.7. The molecule has 11 heteroatoms. The smallest absolute Gasteiger partial charge is 0.338 e. The molecule has 4 aromatic carbocycles. The molecule has 1 unspecified atom stereocenters. The van der Waals surface area contributed by atoms with Gasteiger partial charge in [-0.1, -0.05) is 144 Å². The Kier molecular flexibility index (Phi) is 12.7. The highest BCUT2D eigenvalue weighted by Gasteiger charge is 2.52. The number of rotatable bonds is 13. The molecule has 246 valence electrons. The Morgan fingerprint density at radius 1 is 0.638 bits per heavy atom. The summed E-state index contributed by atoms with van der Waals surface area (Å²) in [4.78, 5) is 13.5. The van der Waals surface area contributed by atoms with E-state index >= 15 is 0 Å². The topological polar surface area (TPSA) is 96.3 Å². The lowest BCUT2D eigenvalue weighted by molar-refractivity contribution is -0.304. The van der Waals surface area contributed by atoms with Crippen LogP contribution in [0.4, 0.5) is 0 Å². The van der Waals surface area contributed by atoms with Crippen molar-refractivity contribution < 1.29 is 33.2 Å². The molecule has 1 aliphatic heterocycles. The lowest BCUT2D eigenvalue weighted by Crippen LogP contribution is -2.62. The lowest BCUT2D eigenvalue weighted by atomic mass is 9.97. The van der Waals surface area contributed by atoms with Crippen molar-refractivity contribution in [3.63, 3.8) is 0 Å². The molecule has 5 rings (SSSR count). The van der Waals surface area contributed by atoms with Crippen LogP contribution in [0.15, 0.2) is 121 Å². The van der Waals surface area contributed by atoms with E-state index in [1.807, 2.05) is 97.1 Å². The Hall–Kier alpha value is -3.47. The maximum Gasteiger partial charge on any atom is 0.338 e.